The van der Waals surface area contributed by atoms with Gasteiger partial charge in [0.15, 0.2) is 17.4 Å². The number of halogens is 4. The normalized spacial score (nSPS) is 20.4. The van der Waals surface area contributed by atoms with Crippen molar-refractivity contribution in [3.05, 3.63) is 34.7 Å². The van der Waals surface area contributed by atoms with E-state index >= 15 is 0 Å². The SMILES string of the molecule is CCOC(=O)/C(C=NC1CC1F)=C(/O)c1cc(F)c(F)c(OC)c1F. The molecular weight excluding hydrogens is 346 g/mol. The molecule has 136 valence electrons. The summed E-state index contributed by atoms with van der Waals surface area (Å²) in [6.07, 6.45) is -0.187. The molecule has 5 nitrogen and oxygen atoms in total. The van der Waals surface area contributed by atoms with Gasteiger partial charge in [0.2, 0.25) is 5.82 Å². The number of hydrogen-bond acceptors (Lipinski definition) is 5. The predicted molar refractivity (Wildman–Crippen MR) is 80.8 cm³/mol. The summed E-state index contributed by atoms with van der Waals surface area (Å²) < 4.78 is 63.4. The third-order valence-corrected chi connectivity index (χ3v) is 3.40. The van der Waals surface area contributed by atoms with E-state index < -0.39 is 58.3 Å². The van der Waals surface area contributed by atoms with Crippen molar-refractivity contribution in [2.75, 3.05) is 13.7 Å². The van der Waals surface area contributed by atoms with Crippen LogP contribution in [0.5, 0.6) is 5.75 Å². The van der Waals surface area contributed by atoms with E-state index in [4.69, 9.17) is 4.74 Å². The van der Waals surface area contributed by atoms with Crippen molar-refractivity contribution in [1.29, 1.82) is 0 Å². The molecule has 1 fully saturated rings. The van der Waals surface area contributed by atoms with Gasteiger partial charge >= 0.3 is 5.97 Å². The first-order valence-corrected chi connectivity index (χ1v) is 7.31. The molecule has 0 aromatic heterocycles. The van der Waals surface area contributed by atoms with Gasteiger partial charge in [-0.2, -0.15) is 4.39 Å². The van der Waals surface area contributed by atoms with Crippen LogP contribution in [-0.2, 0) is 9.53 Å². The summed E-state index contributed by atoms with van der Waals surface area (Å²) in [6.45, 7) is 1.42. The molecule has 9 heteroatoms. The van der Waals surface area contributed by atoms with Gasteiger partial charge in [-0.1, -0.05) is 0 Å². The van der Waals surface area contributed by atoms with E-state index in [0.29, 0.717) is 6.07 Å². The monoisotopic (exact) mass is 361 g/mol. The smallest absolute Gasteiger partial charge is 0.343 e. The van der Waals surface area contributed by atoms with Gasteiger partial charge in [-0.3, -0.25) is 4.99 Å². The van der Waals surface area contributed by atoms with Crippen LogP contribution in [0.1, 0.15) is 18.9 Å². The maximum atomic E-state index is 14.3. The average molecular weight is 361 g/mol. The van der Waals surface area contributed by atoms with Crippen molar-refractivity contribution in [1.82, 2.24) is 0 Å². The lowest BCUT2D eigenvalue weighted by Gasteiger charge is -2.11. The van der Waals surface area contributed by atoms with E-state index in [1.165, 1.54) is 6.92 Å². The zero-order chi connectivity index (χ0) is 18.7. The quantitative estimate of drug-likeness (QED) is 0.211. The number of methoxy groups -OCH3 is 1. The van der Waals surface area contributed by atoms with Gasteiger partial charge in [-0.05, 0) is 13.0 Å². The maximum absolute atomic E-state index is 14.3. The zero-order valence-corrected chi connectivity index (χ0v) is 13.4. The van der Waals surface area contributed by atoms with Crippen molar-refractivity contribution in [3.63, 3.8) is 0 Å². The molecule has 0 radical (unpaired) electrons. The fourth-order valence-electron chi connectivity index (χ4n) is 1.97. The zero-order valence-electron chi connectivity index (χ0n) is 13.4. The Morgan fingerprint density at radius 3 is 2.56 bits per heavy atom. The van der Waals surface area contributed by atoms with Crippen LogP contribution in [0.4, 0.5) is 17.6 Å². The largest absolute Gasteiger partial charge is 0.506 e. The Morgan fingerprint density at radius 1 is 1.40 bits per heavy atom. The summed E-state index contributed by atoms with van der Waals surface area (Å²) in [5, 5.41) is 10.2. The standard InChI is InChI=1S/C16H15F4NO4/c1-3-25-16(23)8(6-21-11-5-9(11)17)14(22)7-4-10(18)13(20)15(24-2)12(7)19/h4,6,9,11,22H,3,5H2,1-2H3/b14-8+,21-6?. The van der Waals surface area contributed by atoms with Crippen molar-refractivity contribution >= 4 is 17.9 Å². The number of aliphatic hydroxyl groups excluding tert-OH is 1. The highest BCUT2D eigenvalue weighted by molar-refractivity contribution is 6.15. The van der Waals surface area contributed by atoms with Gasteiger partial charge in [0.25, 0.3) is 0 Å². The first-order valence-electron chi connectivity index (χ1n) is 7.31. The number of rotatable bonds is 6. The summed E-state index contributed by atoms with van der Waals surface area (Å²) in [6, 6.07) is -0.313. The number of hydrogen-bond donors (Lipinski definition) is 1. The predicted octanol–water partition coefficient (Wildman–Crippen LogP) is 3.13. The molecule has 1 saturated carbocycles. The van der Waals surface area contributed by atoms with Crippen molar-refractivity contribution < 1.29 is 36.9 Å². The summed E-state index contributed by atoms with van der Waals surface area (Å²) >= 11 is 0. The fraction of sp³-hybridized carbons (Fsp3) is 0.375. The van der Waals surface area contributed by atoms with Crippen LogP contribution in [-0.4, -0.2) is 43.2 Å². The molecule has 25 heavy (non-hydrogen) atoms. The Hall–Kier alpha value is -2.58. The summed E-state index contributed by atoms with van der Waals surface area (Å²) in [7, 11) is 0.910. The number of alkyl halides is 1. The second-order valence-corrected chi connectivity index (χ2v) is 5.15. The number of aliphatic imine (C=N–C) groups is 1. The van der Waals surface area contributed by atoms with Crippen LogP contribution in [0, 0.1) is 17.5 Å². The third-order valence-electron chi connectivity index (χ3n) is 3.40. The number of carbonyl (C=O) groups is 1. The molecule has 1 aliphatic carbocycles. The molecule has 0 saturated heterocycles. The van der Waals surface area contributed by atoms with Crippen LogP contribution < -0.4 is 4.74 Å². The highest BCUT2D eigenvalue weighted by Gasteiger charge is 2.37. The van der Waals surface area contributed by atoms with Crippen LogP contribution in [0.2, 0.25) is 0 Å². The Bertz CT molecular complexity index is 748. The topological polar surface area (TPSA) is 68.1 Å². The highest BCUT2D eigenvalue weighted by Crippen LogP contribution is 2.32. The molecule has 0 heterocycles. The number of esters is 1. The van der Waals surface area contributed by atoms with Gasteiger partial charge < -0.3 is 14.6 Å². The van der Waals surface area contributed by atoms with E-state index in [1.54, 1.807) is 0 Å². The summed E-state index contributed by atoms with van der Waals surface area (Å²) in [4.78, 5) is 15.7. The average Bonchev–Trinajstić information content (AvgIpc) is 3.27. The second-order valence-electron chi connectivity index (χ2n) is 5.15. The molecule has 0 amide bonds. The summed E-state index contributed by atoms with van der Waals surface area (Å²) in [5.74, 6) is -7.67. The molecule has 1 aromatic rings. The number of nitrogens with zero attached hydrogens (tertiary/aromatic N) is 1. The minimum absolute atomic E-state index is 0.0673. The molecule has 0 spiro atoms. The minimum Gasteiger partial charge on any atom is -0.506 e. The molecule has 1 aliphatic rings. The Balaban J connectivity index is 2.55. The van der Waals surface area contributed by atoms with E-state index in [0.717, 1.165) is 13.3 Å². The molecule has 0 aliphatic heterocycles. The van der Waals surface area contributed by atoms with E-state index in [1.807, 2.05) is 0 Å². The van der Waals surface area contributed by atoms with Crippen LogP contribution in [0.15, 0.2) is 16.6 Å². The molecule has 0 bridgehead atoms. The Kier molecular flexibility index (Phi) is 5.66. The van der Waals surface area contributed by atoms with E-state index in [9.17, 15) is 27.5 Å². The van der Waals surface area contributed by atoms with Crippen LogP contribution >= 0.6 is 0 Å². The molecular formula is C16H15F4NO4. The van der Waals surface area contributed by atoms with E-state index in [2.05, 4.69) is 9.73 Å². The second kappa shape index (κ2) is 7.54. The number of benzene rings is 1. The lowest BCUT2D eigenvalue weighted by Crippen LogP contribution is -2.13. The summed E-state index contributed by atoms with van der Waals surface area (Å²) in [5.41, 5.74) is -1.44. The fourth-order valence-corrected chi connectivity index (χ4v) is 1.97. The molecule has 1 N–H and O–H groups in total. The first-order chi connectivity index (χ1) is 11.8. The van der Waals surface area contributed by atoms with Crippen molar-refractivity contribution in [2.24, 2.45) is 4.99 Å². The van der Waals surface area contributed by atoms with Gasteiger partial charge in [0.05, 0.1) is 25.3 Å². The van der Waals surface area contributed by atoms with Gasteiger partial charge in [0.1, 0.15) is 17.5 Å². The first kappa shape index (κ1) is 18.8. The van der Waals surface area contributed by atoms with Gasteiger partial charge in [-0.15, -0.1) is 0 Å². The Morgan fingerprint density at radius 2 is 2.04 bits per heavy atom. The molecule has 2 rings (SSSR count). The van der Waals surface area contributed by atoms with Gasteiger partial charge in [0, 0.05) is 12.6 Å². The number of ether oxygens (including phenoxy) is 2. The van der Waals surface area contributed by atoms with Crippen molar-refractivity contribution in [3.8, 4) is 5.75 Å². The molecule has 2 unspecified atom stereocenters. The highest BCUT2D eigenvalue weighted by atomic mass is 19.2. The Labute approximate surface area is 140 Å². The minimum atomic E-state index is -1.58. The lowest BCUT2D eigenvalue weighted by atomic mass is 10.1. The van der Waals surface area contributed by atoms with Crippen LogP contribution in [0.25, 0.3) is 5.76 Å². The third kappa shape index (κ3) is 3.92. The molecule has 1 aromatic carbocycles. The molecule has 2 atom stereocenters. The number of carbonyl (C=O) groups excluding carboxylic acids is 1. The van der Waals surface area contributed by atoms with E-state index in [-0.39, 0.29) is 13.0 Å². The van der Waals surface area contributed by atoms with Crippen molar-refractivity contribution in [2.45, 2.75) is 25.6 Å². The van der Waals surface area contributed by atoms with Crippen LogP contribution in [0.3, 0.4) is 0 Å². The lowest BCUT2D eigenvalue weighted by molar-refractivity contribution is -0.137. The number of aliphatic hydroxyl groups is 1. The van der Waals surface area contributed by atoms with Gasteiger partial charge in [-0.25, -0.2) is 18.0 Å². The maximum Gasteiger partial charge on any atom is 0.343 e.